The van der Waals surface area contributed by atoms with Gasteiger partial charge in [0.05, 0.1) is 5.69 Å². The van der Waals surface area contributed by atoms with Crippen molar-refractivity contribution in [3.63, 3.8) is 0 Å². The highest BCUT2D eigenvalue weighted by molar-refractivity contribution is 5.93. The van der Waals surface area contributed by atoms with E-state index in [-0.39, 0.29) is 5.91 Å². The lowest BCUT2D eigenvalue weighted by Crippen LogP contribution is -2.52. The second kappa shape index (κ2) is 9.12. The first-order chi connectivity index (χ1) is 13.6. The van der Waals surface area contributed by atoms with E-state index in [2.05, 4.69) is 25.4 Å². The maximum absolute atomic E-state index is 11.6. The van der Waals surface area contributed by atoms with E-state index in [1.807, 2.05) is 42.5 Å². The number of anilines is 1. The maximum atomic E-state index is 11.6. The standard InChI is InChI=1S/C21H27N5O2/c1-22-20(28)17-9-7-16(8-10-17)15-24-21(23-2)26-13-11-25(12-14-26)18-5-3-4-6-19(18)27/h3-10,27H,11-15H2,1-2H3,(H,22,28)(H,23,24). The van der Waals surface area contributed by atoms with Gasteiger partial charge in [-0.05, 0) is 29.8 Å². The summed E-state index contributed by atoms with van der Waals surface area (Å²) in [6.07, 6.45) is 0. The van der Waals surface area contributed by atoms with Crippen LogP contribution in [0.25, 0.3) is 0 Å². The van der Waals surface area contributed by atoms with Gasteiger partial charge in [-0.25, -0.2) is 0 Å². The Bertz CT molecular complexity index is 827. The number of nitrogens with zero attached hydrogens (tertiary/aromatic N) is 3. The topological polar surface area (TPSA) is 80.2 Å². The molecule has 1 aliphatic rings. The number of benzene rings is 2. The van der Waals surface area contributed by atoms with E-state index >= 15 is 0 Å². The minimum absolute atomic E-state index is 0.0855. The number of para-hydroxylation sites is 2. The molecule has 0 radical (unpaired) electrons. The molecule has 2 aromatic rings. The third kappa shape index (κ3) is 4.54. The lowest BCUT2D eigenvalue weighted by molar-refractivity contribution is 0.0963. The Morgan fingerprint density at radius 2 is 1.75 bits per heavy atom. The van der Waals surface area contributed by atoms with Gasteiger partial charge in [0, 0.05) is 52.4 Å². The molecule has 0 bridgehead atoms. The van der Waals surface area contributed by atoms with Crippen LogP contribution in [0.5, 0.6) is 5.75 Å². The van der Waals surface area contributed by atoms with Crippen molar-refractivity contribution < 1.29 is 9.90 Å². The summed E-state index contributed by atoms with van der Waals surface area (Å²) in [5, 5.41) is 16.1. The van der Waals surface area contributed by atoms with E-state index in [4.69, 9.17) is 0 Å². The van der Waals surface area contributed by atoms with Crippen molar-refractivity contribution in [2.45, 2.75) is 6.54 Å². The summed E-state index contributed by atoms with van der Waals surface area (Å²) in [7, 11) is 3.41. The predicted octanol–water partition coefficient (Wildman–Crippen LogP) is 1.65. The molecule has 3 rings (SSSR count). The molecular weight excluding hydrogens is 354 g/mol. The van der Waals surface area contributed by atoms with Crippen LogP contribution in [0.15, 0.2) is 53.5 Å². The van der Waals surface area contributed by atoms with E-state index in [0.29, 0.717) is 17.9 Å². The van der Waals surface area contributed by atoms with Gasteiger partial charge in [0.25, 0.3) is 5.91 Å². The van der Waals surface area contributed by atoms with Gasteiger partial charge >= 0.3 is 0 Å². The molecule has 3 N–H and O–H groups in total. The number of phenols is 1. The van der Waals surface area contributed by atoms with Crippen LogP contribution in [-0.4, -0.2) is 62.1 Å². The lowest BCUT2D eigenvalue weighted by Gasteiger charge is -2.37. The Hall–Kier alpha value is -3.22. The molecule has 1 heterocycles. The quantitative estimate of drug-likeness (QED) is 0.554. The largest absolute Gasteiger partial charge is 0.506 e. The number of hydrogen-bond acceptors (Lipinski definition) is 4. The van der Waals surface area contributed by atoms with Crippen molar-refractivity contribution >= 4 is 17.6 Å². The highest BCUT2D eigenvalue weighted by Crippen LogP contribution is 2.27. The molecule has 1 saturated heterocycles. The molecule has 7 nitrogen and oxygen atoms in total. The number of piperazine rings is 1. The lowest BCUT2D eigenvalue weighted by atomic mass is 10.1. The van der Waals surface area contributed by atoms with Crippen molar-refractivity contribution in [1.29, 1.82) is 0 Å². The van der Waals surface area contributed by atoms with Crippen LogP contribution in [0.4, 0.5) is 5.69 Å². The van der Waals surface area contributed by atoms with Crippen LogP contribution in [0.2, 0.25) is 0 Å². The van der Waals surface area contributed by atoms with E-state index in [9.17, 15) is 9.90 Å². The summed E-state index contributed by atoms with van der Waals surface area (Å²) in [6, 6.07) is 15.0. The second-order valence-corrected chi connectivity index (χ2v) is 6.64. The Kier molecular flexibility index (Phi) is 6.37. The smallest absolute Gasteiger partial charge is 0.251 e. The first-order valence-corrected chi connectivity index (χ1v) is 9.42. The van der Waals surface area contributed by atoms with Crippen LogP contribution >= 0.6 is 0 Å². The first kappa shape index (κ1) is 19.5. The molecule has 1 fully saturated rings. The number of carbonyl (C=O) groups is 1. The van der Waals surface area contributed by atoms with Gasteiger partial charge in [0.15, 0.2) is 5.96 Å². The van der Waals surface area contributed by atoms with Crippen molar-refractivity contribution in [3.05, 3.63) is 59.7 Å². The van der Waals surface area contributed by atoms with E-state index < -0.39 is 0 Å². The molecule has 0 unspecified atom stereocenters. The average molecular weight is 381 g/mol. The van der Waals surface area contributed by atoms with Crippen molar-refractivity contribution in [2.75, 3.05) is 45.2 Å². The van der Waals surface area contributed by atoms with Crippen molar-refractivity contribution in [2.24, 2.45) is 4.99 Å². The first-order valence-electron chi connectivity index (χ1n) is 9.42. The van der Waals surface area contributed by atoms with Crippen LogP contribution in [0, 0.1) is 0 Å². The molecule has 148 valence electrons. The fourth-order valence-electron chi connectivity index (χ4n) is 3.32. The van der Waals surface area contributed by atoms with Gasteiger partial charge in [0.2, 0.25) is 0 Å². The monoisotopic (exact) mass is 381 g/mol. The molecule has 7 heteroatoms. The number of rotatable bonds is 4. The highest BCUT2D eigenvalue weighted by Gasteiger charge is 2.21. The number of aliphatic imine (C=N–C) groups is 1. The average Bonchev–Trinajstić information content (AvgIpc) is 2.75. The molecule has 2 aromatic carbocycles. The Morgan fingerprint density at radius 1 is 1.07 bits per heavy atom. The van der Waals surface area contributed by atoms with Crippen LogP contribution < -0.4 is 15.5 Å². The minimum atomic E-state index is -0.0855. The number of amides is 1. The minimum Gasteiger partial charge on any atom is -0.506 e. The van der Waals surface area contributed by atoms with Gasteiger partial charge in [-0.1, -0.05) is 24.3 Å². The molecule has 0 spiro atoms. The fraction of sp³-hybridized carbons (Fsp3) is 0.333. The predicted molar refractivity (Wildman–Crippen MR) is 112 cm³/mol. The van der Waals surface area contributed by atoms with Crippen molar-refractivity contribution in [3.8, 4) is 5.75 Å². The van der Waals surface area contributed by atoms with Gasteiger partial charge in [-0.15, -0.1) is 0 Å². The molecule has 28 heavy (non-hydrogen) atoms. The van der Waals surface area contributed by atoms with Crippen molar-refractivity contribution in [1.82, 2.24) is 15.5 Å². The van der Waals surface area contributed by atoms with Gasteiger partial charge in [-0.3, -0.25) is 9.79 Å². The third-order valence-corrected chi connectivity index (χ3v) is 4.91. The van der Waals surface area contributed by atoms with Crippen LogP contribution in [0.3, 0.4) is 0 Å². The Morgan fingerprint density at radius 3 is 2.36 bits per heavy atom. The molecule has 0 aliphatic carbocycles. The number of aromatic hydroxyl groups is 1. The molecule has 0 atom stereocenters. The summed E-state index contributed by atoms with van der Waals surface area (Å²) in [5.74, 6) is 1.09. The summed E-state index contributed by atoms with van der Waals surface area (Å²) in [6.45, 7) is 3.92. The molecular formula is C21H27N5O2. The zero-order valence-corrected chi connectivity index (χ0v) is 16.4. The SMILES string of the molecule is CN=C(NCc1ccc(C(=O)NC)cc1)N1CCN(c2ccccc2O)CC1. The molecule has 1 aliphatic heterocycles. The summed E-state index contributed by atoms with van der Waals surface area (Å²) < 4.78 is 0. The van der Waals surface area contributed by atoms with E-state index in [1.165, 1.54) is 0 Å². The van der Waals surface area contributed by atoms with Crippen LogP contribution in [-0.2, 0) is 6.54 Å². The second-order valence-electron chi connectivity index (χ2n) is 6.64. The molecule has 1 amide bonds. The third-order valence-electron chi connectivity index (χ3n) is 4.91. The van der Waals surface area contributed by atoms with E-state index in [0.717, 1.165) is 43.4 Å². The number of phenolic OH excluding ortho intramolecular Hbond substituents is 1. The number of carbonyl (C=O) groups excluding carboxylic acids is 1. The zero-order chi connectivity index (χ0) is 19.9. The fourth-order valence-corrected chi connectivity index (χ4v) is 3.32. The number of nitrogens with one attached hydrogen (secondary N) is 2. The highest BCUT2D eigenvalue weighted by atomic mass is 16.3. The maximum Gasteiger partial charge on any atom is 0.251 e. The van der Waals surface area contributed by atoms with Gasteiger partial charge < -0.3 is 25.5 Å². The molecule has 0 saturated carbocycles. The normalized spacial score (nSPS) is 14.7. The molecule has 0 aromatic heterocycles. The van der Waals surface area contributed by atoms with E-state index in [1.54, 1.807) is 20.2 Å². The summed E-state index contributed by atoms with van der Waals surface area (Å²) in [4.78, 5) is 20.4. The van der Waals surface area contributed by atoms with Gasteiger partial charge in [0.1, 0.15) is 5.75 Å². The van der Waals surface area contributed by atoms with Crippen LogP contribution in [0.1, 0.15) is 15.9 Å². The number of guanidine groups is 1. The zero-order valence-electron chi connectivity index (χ0n) is 16.4. The summed E-state index contributed by atoms with van der Waals surface area (Å²) in [5.41, 5.74) is 2.61. The number of hydrogen-bond donors (Lipinski definition) is 3. The van der Waals surface area contributed by atoms with Gasteiger partial charge in [-0.2, -0.15) is 0 Å². The summed E-state index contributed by atoms with van der Waals surface area (Å²) >= 11 is 0. The Balaban J connectivity index is 1.54. The Labute approximate surface area is 165 Å².